The number of pyridine rings is 1. The summed E-state index contributed by atoms with van der Waals surface area (Å²) < 4.78 is 7.26. The lowest BCUT2D eigenvalue weighted by atomic mass is 9.89. The van der Waals surface area contributed by atoms with Crippen molar-refractivity contribution in [3.8, 4) is 16.9 Å². The van der Waals surface area contributed by atoms with Gasteiger partial charge >= 0.3 is 0 Å². The van der Waals surface area contributed by atoms with Crippen LogP contribution >= 0.6 is 11.3 Å². The summed E-state index contributed by atoms with van der Waals surface area (Å²) in [5, 5.41) is 7.90. The summed E-state index contributed by atoms with van der Waals surface area (Å²) >= 11 is 1.91. The largest absolute Gasteiger partial charge is 0.309 e. The minimum Gasteiger partial charge on any atom is -0.309 e. The van der Waals surface area contributed by atoms with E-state index in [1.165, 1.54) is 75.0 Å². The average Bonchev–Trinajstić information content (AvgIpc) is 3.91. The van der Waals surface area contributed by atoms with Crippen LogP contribution < -0.4 is 0 Å². The van der Waals surface area contributed by atoms with Gasteiger partial charge in [0.25, 0.3) is 0 Å². The number of hydrogen-bond acceptors (Lipinski definition) is 2. The highest BCUT2D eigenvalue weighted by atomic mass is 32.1. The lowest BCUT2D eigenvalue weighted by molar-refractivity contribution is 1.07. The SMILES string of the molecule is C1=C(c2ccccc2)CCC(c2ccc3c(c2)c2c4c5ccccc5sc4c4ccccc4c2n3-c2ccc(-c3cn4ccccc4n3)cc2)=C1. The highest BCUT2D eigenvalue weighted by Gasteiger charge is 2.23. The van der Waals surface area contributed by atoms with Gasteiger partial charge in [0, 0.05) is 65.4 Å². The van der Waals surface area contributed by atoms with Crippen LogP contribution in [0.5, 0.6) is 0 Å². The lowest BCUT2D eigenvalue weighted by Crippen LogP contribution is -1.96. The molecule has 4 heteroatoms. The Bertz CT molecular complexity index is 3030. The third-order valence-corrected chi connectivity index (χ3v) is 11.9. The highest BCUT2D eigenvalue weighted by molar-refractivity contribution is 7.27. The second-order valence-corrected chi connectivity index (χ2v) is 14.6. The molecule has 0 spiro atoms. The Morgan fingerprint density at radius 3 is 2.06 bits per heavy atom. The number of aromatic nitrogens is 3. The van der Waals surface area contributed by atoms with E-state index in [9.17, 15) is 0 Å². The molecule has 1 aliphatic rings. The van der Waals surface area contributed by atoms with Crippen molar-refractivity contribution < 1.29 is 0 Å². The topological polar surface area (TPSA) is 22.2 Å². The van der Waals surface area contributed by atoms with Crippen LogP contribution in [0.25, 0.3) is 86.5 Å². The van der Waals surface area contributed by atoms with Gasteiger partial charge in [0.05, 0.1) is 16.7 Å². The molecule has 0 aliphatic heterocycles. The summed E-state index contributed by atoms with van der Waals surface area (Å²) in [5.74, 6) is 0. The Hall–Kier alpha value is -6.23. The number of thiophene rings is 1. The zero-order valence-electron chi connectivity index (χ0n) is 27.8. The number of imidazole rings is 1. The third-order valence-electron chi connectivity index (χ3n) is 10.7. The van der Waals surface area contributed by atoms with Crippen LogP contribution in [0.2, 0.25) is 0 Å². The Balaban J connectivity index is 1.18. The van der Waals surface area contributed by atoms with Crippen molar-refractivity contribution in [1.82, 2.24) is 14.0 Å². The van der Waals surface area contributed by atoms with E-state index < -0.39 is 0 Å². The molecule has 11 rings (SSSR count). The first-order valence-electron chi connectivity index (χ1n) is 17.6. The predicted octanol–water partition coefficient (Wildman–Crippen LogP) is 12.9. The molecule has 0 bridgehead atoms. The van der Waals surface area contributed by atoms with Crippen molar-refractivity contribution in [2.75, 3.05) is 0 Å². The van der Waals surface area contributed by atoms with Gasteiger partial charge in [0.2, 0.25) is 0 Å². The molecule has 6 aromatic carbocycles. The highest BCUT2D eigenvalue weighted by Crippen LogP contribution is 2.48. The first-order chi connectivity index (χ1) is 25.3. The molecule has 3 nitrogen and oxygen atoms in total. The first kappa shape index (κ1) is 28.6. The minimum absolute atomic E-state index is 0.952. The second kappa shape index (κ2) is 11.1. The molecule has 0 atom stereocenters. The van der Waals surface area contributed by atoms with E-state index in [0.29, 0.717) is 0 Å². The van der Waals surface area contributed by atoms with Gasteiger partial charge in [-0.15, -0.1) is 11.3 Å². The summed E-state index contributed by atoms with van der Waals surface area (Å²) in [4.78, 5) is 4.90. The van der Waals surface area contributed by atoms with Crippen molar-refractivity contribution in [3.05, 3.63) is 175 Å². The van der Waals surface area contributed by atoms with Crippen molar-refractivity contribution in [2.45, 2.75) is 12.8 Å². The maximum atomic E-state index is 4.90. The minimum atomic E-state index is 0.952. The molecule has 0 amide bonds. The van der Waals surface area contributed by atoms with E-state index in [1.54, 1.807) is 0 Å². The maximum absolute atomic E-state index is 4.90. The summed E-state index contributed by atoms with van der Waals surface area (Å²) in [5.41, 5.74) is 12.1. The number of fused-ring (bicyclic) bond motifs is 11. The molecule has 0 radical (unpaired) electrons. The van der Waals surface area contributed by atoms with Gasteiger partial charge in [0.1, 0.15) is 5.65 Å². The van der Waals surface area contributed by atoms with Crippen molar-refractivity contribution >= 4 is 80.9 Å². The van der Waals surface area contributed by atoms with Crippen LogP contribution in [0.3, 0.4) is 0 Å². The molecular formula is C47H31N3S. The Morgan fingerprint density at radius 1 is 0.549 bits per heavy atom. The molecule has 0 fully saturated rings. The number of hydrogen-bond donors (Lipinski definition) is 0. The predicted molar refractivity (Wildman–Crippen MR) is 217 cm³/mol. The van der Waals surface area contributed by atoms with Gasteiger partial charge < -0.3 is 8.97 Å². The van der Waals surface area contributed by atoms with Crippen molar-refractivity contribution in [2.24, 2.45) is 0 Å². The summed E-state index contributed by atoms with van der Waals surface area (Å²) in [7, 11) is 0. The smallest absolute Gasteiger partial charge is 0.137 e. The molecule has 4 heterocycles. The van der Waals surface area contributed by atoms with Crippen LogP contribution in [0.4, 0.5) is 0 Å². The Kier molecular flexibility index (Phi) is 6.25. The summed E-state index contributed by atoms with van der Waals surface area (Å²) in [6.45, 7) is 0. The molecule has 10 aromatic rings. The monoisotopic (exact) mass is 669 g/mol. The fraction of sp³-hybridized carbons (Fsp3) is 0.0426. The molecule has 240 valence electrons. The zero-order chi connectivity index (χ0) is 33.5. The van der Waals surface area contributed by atoms with E-state index >= 15 is 0 Å². The summed E-state index contributed by atoms with van der Waals surface area (Å²) in [6.07, 6.45) is 10.9. The van der Waals surface area contributed by atoms with Crippen LogP contribution in [0.15, 0.2) is 164 Å². The number of benzene rings is 6. The van der Waals surface area contributed by atoms with Gasteiger partial charge in [-0.2, -0.15) is 0 Å². The molecule has 0 unspecified atom stereocenters. The normalized spacial score (nSPS) is 13.6. The fourth-order valence-electron chi connectivity index (χ4n) is 8.26. The van der Waals surface area contributed by atoms with Crippen LogP contribution in [0, 0.1) is 0 Å². The molecule has 4 aromatic heterocycles. The molecule has 0 saturated carbocycles. The molecule has 0 N–H and O–H groups in total. The quantitative estimate of drug-likeness (QED) is 0.183. The molecule has 0 saturated heterocycles. The van der Waals surface area contributed by atoms with Gasteiger partial charge in [-0.1, -0.05) is 109 Å². The van der Waals surface area contributed by atoms with Crippen molar-refractivity contribution in [3.63, 3.8) is 0 Å². The number of allylic oxidation sites excluding steroid dienone is 4. The summed E-state index contributed by atoms with van der Waals surface area (Å²) in [6, 6.07) is 50.9. The van der Waals surface area contributed by atoms with Gasteiger partial charge in [-0.05, 0) is 77.6 Å². The van der Waals surface area contributed by atoms with Crippen molar-refractivity contribution in [1.29, 1.82) is 0 Å². The van der Waals surface area contributed by atoms with E-state index in [4.69, 9.17) is 4.98 Å². The second-order valence-electron chi connectivity index (χ2n) is 13.5. The van der Waals surface area contributed by atoms with Crippen LogP contribution in [0.1, 0.15) is 24.0 Å². The molecule has 1 aliphatic carbocycles. The maximum Gasteiger partial charge on any atom is 0.137 e. The number of rotatable bonds is 4. The Morgan fingerprint density at radius 2 is 1.25 bits per heavy atom. The Labute approximate surface area is 298 Å². The fourth-order valence-corrected chi connectivity index (χ4v) is 9.51. The van der Waals surface area contributed by atoms with E-state index in [1.807, 2.05) is 35.7 Å². The third kappa shape index (κ3) is 4.40. The van der Waals surface area contributed by atoms with E-state index in [0.717, 1.165) is 35.4 Å². The van der Waals surface area contributed by atoms with E-state index in [2.05, 4.69) is 149 Å². The molecule has 51 heavy (non-hydrogen) atoms. The molecular weight excluding hydrogens is 639 g/mol. The van der Waals surface area contributed by atoms with Gasteiger partial charge in [0.15, 0.2) is 0 Å². The van der Waals surface area contributed by atoms with E-state index in [-0.39, 0.29) is 0 Å². The van der Waals surface area contributed by atoms with Crippen LogP contribution in [-0.4, -0.2) is 14.0 Å². The van der Waals surface area contributed by atoms with Gasteiger partial charge in [-0.25, -0.2) is 4.98 Å². The average molecular weight is 670 g/mol. The van der Waals surface area contributed by atoms with Crippen LogP contribution in [-0.2, 0) is 0 Å². The zero-order valence-corrected chi connectivity index (χ0v) is 28.6. The van der Waals surface area contributed by atoms with Gasteiger partial charge in [-0.3, -0.25) is 0 Å². The standard InChI is InChI=1S/C47H31N3S/c1-2-10-30(11-3-1)31-17-19-32(20-18-31)34-23-26-41-39(28-34)44-45-38-14-6-7-15-42(38)51-47(45)37-13-5-4-12-36(37)46(44)50(41)35-24-21-33(22-25-35)40-29-49-27-9-8-16-43(49)48-40/h1-17,19,21-29H,18,20H2. The lowest BCUT2D eigenvalue weighted by Gasteiger charge is -2.16. The number of nitrogens with zero attached hydrogens (tertiary/aromatic N) is 3. The first-order valence-corrected chi connectivity index (χ1v) is 18.4.